The van der Waals surface area contributed by atoms with E-state index in [1.54, 1.807) is 30.3 Å². The maximum absolute atomic E-state index is 10.6. The summed E-state index contributed by atoms with van der Waals surface area (Å²) in [6.45, 7) is -0.139. The van der Waals surface area contributed by atoms with Crippen molar-refractivity contribution in [3.05, 3.63) is 35.9 Å². The SMILES string of the molecule is NS(=O)(=O)N(O)Cc1ccccc1. The summed E-state index contributed by atoms with van der Waals surface area (Å²) in [4.78, 5) is 0. The highest BCUT2D eigenvalue weighted by molar-refractivity contribution is 7.86. The molecule has 0 saturated carbocycles. The van der Waals surface area contributed by atoms with Crippen LogP contribution in [-0.4, -0.2) is 18.1 Å². The summed E-state index contributed by atoms with van der Waals surface area (Å²) >= 11 is 0. The average molecular weight is 202 g/mol. The number of hydrogen-bond donors (Lipinski definition) is 2. The summed E-state index contributed by atoms with van der Waals surface area (Å²) in [5.41, 5.74) is 0.666. The number of nitrogens with zero attached hydrogens (tertiary/aromatic N) is 1. The molecule has 0 fully saturated rings. The lowest BCUT2D eigenvalue weighted by Gasteiger charge is -2.10. The molecule has 5 nitrogen and oxygen atoms in total. The molecule has 0 saturated heterocycles. The molecule has 0 aromatic heterocycles. The van der Waals surface area contributed by atoms with Gasteiger partial charge >= 0.3 is 0 Å². The Morgan fingerprint density at radius 2 is 1.85 bits per heavy atom. The zero-order valence-corrected chi connectivity index (χ0v) is 7.61. The van der Waals surface area contributed by atoms with Crippen molar-refractivity contribution in [1.29, 1.82) is 0 Å². The molecule has 0 unspecified atom stereocenters. The molecule has 6 heteroatoms. The van der Waals surface area contributed by atoms with Gasteiger partial charge in [0.25, 0.3) is 10.2 Å². The highest BCUT2D eigenvalue weighted by Gasteiger charge is 2.13. The molecule has 1 rings (SSSR count). The van der Waals surface area contributed by atoms with Crippen molar-refractivity contribution in [2.75, 3.05) is 0 Å². The second-order valence-electron chi connectivity index (χ2n) is 2.51. The van der Waals surface area contributed by atoms with Crippen molar-refractivity contribution in [3.8, 4) is 0 Å². The lowest BCUT2D eigenvalue weighted by molar-refractivity contribution is -0.00471. The minimum atomic E-state index is -4.01. The van der Waals surface area contributed by atoms with Crippen LogP contribution in [0.3, 0.4) is 0 Å². The third-order valence-corrected chi connectivity index (χ3v) is 2.17. The standard InChI is InChI=1S/C7H10N2O3S/c8-13(11,12)9(10)6-7-4-2-1-3-5-7/h1-5,10H,6H2,(H2,8,11,12). The van der Waals surface area contributed by atoms with E-state index in [2.05, 4.69) is 5.14 Å². The summed E-state index contributed by atoms with van der Waals surface area (Å²) in [5.74, 6) is 0. The Balaban J connectivity index is 2.72. The summed E-state index contributed by atoms with van der Waals surface area (Å²) in [6, 6.07) is 8.66. The fourth-order valence-electron chi connectivity index (χ4n) is 0.830. The summed E-state index contributed by atoms with van der Waals surface area (Å²) in [5, 5.41) is 13.6. The van der Waals surface area contributed by atoms with E-state index in [9.17, 15) is 8.42 Å². The van der Waals surface area contributed by atoms with E-state index in [-0.39, 0.29) is 11.0 Å². The predicted octanol–water partition coefficient (Wildman–Crippen LogP) is 0.0813. The fraction of sp³-hybridized carbons (Fsp3) is 0.143. The normalized spacial score (nSPS) is 11.9. The summed E-state index contributed by atoms with van der Waals surface area (Å²) < 4.78 is 21.3. The van der Waals surface area contributed by atoms with Crippen LogP contribution in [0.15, 0.2) is 30.3 Å². The molecule has 72 valence electrons. The third kappa shape index (κ3) is 3.11. The summed E-state index contributed by atoms with van der Waals surface area (Å²) in [6.07, 6.45) is 0. The smallest absolute Gasteiger partial charge is 0.298 e. The van der Waals surface area contributed by atoms with Crippen molar-refractivity contribution in [2.45, 2.75) is 6.54 Å². The monoisotopic (exact) mass is 202 g/mol. The van der Waals surface area contributed by atoms with E-state index >= 15 is 0 Å². The Hall–Kier alpha value is -0.950. The van der Waals surface area contributed by atoms with Gasteiger partial charge in [-0.25, -0.2) is 5.14 Å². The van der Waals surface area contributed by atoms with Gasteiger partial charge in [0.15, 0.2) is 0 Å². The molecule has 0 amide bonds. The fourth-order valence-corrected chi connectivity index (χ4v) is 1.16. The van der Waals surface area contributed by atoms with E-state index in [1.165, 1.54) is 0 Å². The molecule has 0 spiro atoms. The molecule has 0 aliphatic heterocycles. The maximum atomic E-state index is 10.6. The van der Waals surface area contributed by atoms with E-state index in [0.29, 0.717) is 5.56 Å². The lowest BCUT2D eigenvalue weighted by Crippen LogP contribution is -2.33. The first-order chi connectivity index (χ1) is 6.00. The van der Waals surface area contributed by atoms with Crippen molar-refractivity contribution < 1.29 is 13.6 Å². The number of benzene rings is 1. The molecule has 0 heterocycles. The molecule has 13 heavy (non-hydrogen) atoms. The molecular weight excluding hydrogens is 192 g/mol. The van der Waals surface area contributed by atoms with Crippen LogP contribution in [0.25, 0.3) is 0 Å². The molecule has 0 radical (unpaired) electrons. The molecular formula is C7H10N2O3S. The quantitative estimate of drug-likeness (QED) is 0.681. The molecule has 3 N–H and O–H groups in total. The Bertz CT molecular complexity index is 363. The maximum Gasteiger partial charge on any atom is 0.299 e. The van der Waals surface area contributed by atoms with Crippen molar-refractivity contribution in [3.63, 3.8) is 0 Å². The second-order valence-corrected chi connectivity index (χ2v) is 3.96. The van der Waals surface area contributed by atoms with E-state index < -0.39 is 10.2 Å². The number of nitrogens with two attached hydrogens (primary N) is 1. The molecule has 1 aromatic rings. The van der Waals surface area contributed by atoms with Crippen LogP contribution in [-0.2, 0) is 16.8 Å². The van der Waals surface area contributed by atoms with Crippen LogP contribution in [0.5, 0.6) is 0 Å². The van der Waals surface area contributed by atoms with Crippen LogP contribution in [0, 0.1) is 0 Å². The van der Waals surface area contributed by atoms with Crippen LogP contribution in [0.1, 0.15) is 5.56 Å². The molecule has 0 aliphatic rings. The predicted molar refractivity (Wildman–Crippen MR) is 46.9 cm³/mol. The Labute approximate surface area is 76.5 Å². The van der Waals surface area contributed by atoms with Crippen LogP contribution in [0.4, 0.5) is 0 Å². The van der Waals surface area contributed by atoms with Gasteiger partial charge in [0.2, 0.25) is 0 Å². The van der Waals surface area contributed by atoms with E-state index in [4.69, 9.17) is 5.21 Å². The van der Waals surface area contributed by atoms with Gasteiger partial charge in [0.05, 0.1) is 6.54 Å². The zero-order valence-electron chi connectivity index (χ0n) is 6.79. The molecule has 1 aromatic carbocycles. The minimum absolute atomic E-state index is 0.0995. The highest BCUT2D eigenvalue weighted by Crippen LogP contribution is 2.03. The van der Waals surface area contributed by atoms with Crippen molar-refractivity contribution in [2.24, 2.45) is 5.14 Å². The number of hydrogen-bond acceptors (Lipinski definition) is 3. The first-order valence-corrected chi connectivity index (χ1v) is 5.04. The third-order valence-electron chi connectivity index (χ3n) is 1.45. The topological polar surface area (TPSA) is 83.6 Å². The van der Waals surface area contributed by atoms with Crippen LogP contribution in [0.2, 0.25) is 0 Å². The first-order valence-electron chi connectivity index (χ1n) is 3.53. The Kier molecular flexibility index (Phi) is 2.99. The van der Waals surface area contributed by atoms with E-state index in [1.807, 2.05) is 0 Å². The Morgan fingerprint density at radius 1 is 1.31 bits per heavy atom. The molecule has 0 atom stereocenters. The zero-order chi connectivity index (χ0) is 9.90. The number of hydroxylamine groups is 1. The van der Waals surface area contributed by atoms with Gasteiger partial charge in [-0.3, -0.25) is 5.21 Å². The number of rotatable bonds is 3. The molecule has 0 aliphatic carbocycles. The summed E-state index contributed by atoms with van der Waals surface area (Å²) in [7, 11) is -4.01. The lowest BCUT2D eigenvalue weighted by atomic mass is 10.2. The van der Waals surface area contributed by atoms with Gasteiger partial charge < -0.3 is 0 Å². The van der Waals surface area contributed by atoms with Crippen molar-refractivity contribution in [1.82, 2.24) is 4.47 Å². The van der Waals surface area contributed by atoms with Crippen molar-refractivity contribution >= 4 is 10.2 Å². The van der Waals surface area contributed by atoms with Gasteiger partial charge in [-0.15, -0.1) is 0 Å². The first kappa shape index (κ1) is 10.1. The van der Waals surface area contributed by atoms with Gasteiger partial charge in [-0.05, 0) is 5.56 Å². The second kappa shape index (κ2) is 3.84. The minimum Gasteiger partial charge on any atom is -0.298 e. The van der Waals surface area contributed by atoms with Gasteiger partial charge in [-0.1, -0.05) is 34.8 Å². The Morgan fingerprint density at radius 3 is 2.31 bits per heavy atom. The van der Waals surface area contributed by atoms with Crippen LogP contribution < -0.4 is 5.14 Å². The van der Waals surface area contributed by atoms with Gasteiger partial charge in [-0.2, -0.15) is 8.42 Å². The van der Waals surface area contributed by atoms with Gasteiger partial charge in [0, 0.05) is 0 Å². The highest BCUT2D eigenvalue weighted by atomic mass is 32.2. The van der Waals surface area contributed by atoms with Crippen LogP contribution >= 0.6 is 0 Å². The van der Waals surface area contributed by atoms with Gasteiger partial charge in [0.1, 0.15) is 0 Å². The largest absolute Gasteiger partial charge is 0.299 e. The average Bonchev–Trinajstić information content (AvgIpc) is 2.04. The van der Waals surface area contributed by atoms with E-state index in [0.717, 1.165) is 0 Å². The molecule has 0 bridgehead atoms.